The molecule has 1 fully saturated rings. The third kappa shape index (κ3) is 4.72. The molecule has 6 nitrogen and oxygen atoms in total. The minimum absolute atomic E-state index is 0. The van der Waals surface area contributed by atoms with Crippen molar-refractivity contribution in [2.24, 2.45) is 0 Å². The van der Waals surface area contributed by atoms with Crippen LogP contribution in [0.1, 0.15) is 19.8 Å². The average molecular weight is 336 g/mol. The lowest BCUT2D eigenvalue weighted by Crippen LogP contribution is -2.34. The van der Waals surface area contributed by atoms with E-state index in [2.05, 4.69) is 10.3 Å². The van der Waals surface area contributed by atoms with Crippen LogP contribution in [0, 0.1) is 0 Å². The van der Waals surface area contributed by atoms with Crippen molar-refractivity contribution < 1.29 is 13.2 Å². The molecule has 0 bridgehead atoms. The third-order valence-electron chi connectivity index (χ3n) is 3.44. The van der Waals surface area contributed by atoms with E-state index in [0.29, 0.717) is 11.6 Å². The Kier molecular flexibility index (Phi) is 6.70. The number of halogens is 1. The van der Waals surface area contributed by atoms with Gasteiger partial charge in [-0.2, -0.15) is 0 Å². The molecule has 0 saturated carbocycles. The summed E-state index contributed by atoms with van der Waals surface area (Å²) in [7, 11) is -1.72. The van der Waals surface area contributed by atoms with Gasteiger partial charge in [-0.25, -0.2) is 13.4 Å². The van der Waals surface area contributed by atoms with Gasteiger partial charge in [-0.3, -0.25) is 4.31 Å². The first-order valence-electron chi connectivity index (χ1n) is 6.83. The number of ether oxygens (including phenoxy) is 1. The van der Waals surface area contributed by atoms with E-state index in [9.17, 15) is 8.42 Å². The third-order valence-corrected chi connectivity index (χ3v) is 5.21. The van der Waals surface area contributed by atoms with Gasteiger partial charge in [0.05, 0.1) is 17.6 Å². The zero-order valence-electron chi connectivity index (χ0n) is 12.3. The molecule has 2 rings (SSSR count). The van der Waals surface area contributed by atoms with Crippen molar-refractivity contribution in [3.63, 3.8) is 0 Å². The highest BCUT2D eigenvalue weighted by Gasteiger charge is 2.17. The fourth-order valence-corrected chi connectivity index (χ4v) is 2.88. The molecular weight excluding hydrogens is 314 g/mol. The summed E-state index contributed by atoms with van der Waals surface area (Å²) in [6, 6.07) is 3.44. The Morgan fingerprint density at radius 2 is 2.05 bits per heavy atom. The molecular formula is C13H22ClN3O3S. The number of nitrogens with zero attached hydrogens (tertiary/aromatic N) is 2. The van der Waals surface area contributed by atoms with E-state index < -0.39 is 10.0 Å². The monoisotopic (exact) mass is 335 g/mol. The Hall–Kier alpha value is -1.05. The Morgan fingerprint density at radius 3 is 2.57 bits per heavy atom. The number of piperidine rings is 1. The quantitative estimate of drug-likeness (QED) is 0.881. The molecule has 0 aliphatic carbocycles. The lowest BCUT2D eigenvalue weighted by molar-refractivity contribution is 0.156. The van der Waals surface area contributed by atoms with Gasteiger partial charge >= 0.3 is 0 Å². The largest absolute Gasteiger partial charge is 0.474 e. The summed E-state index contributed by atoms with van der Waals surface area (Å²) in [5, 5.41) is 3.27. The van der Waals surface area contributed by atoms with E-state index >= 15 is 0 Å². The van der Waals surface area contributed by atoms with Crippen molar-refractivity contribution in [2.45, 2.75) is 25.9 Å². The van der Waals surface area contributed by atoms with Crippen molar-refractivity contribution in [3.8, 4) is 5.88 Å². The van der Waals surface area contributed by atoms with E-state index in [1.54, 1.807) is 19.1 Å². The molecule has 120 valence electrons. The van der Waals surface area contributed by atoms with Crippen molar-refractivity contribution in [3.05, 3.63) is 18.3 Å². The molecule has 8 heteroatoms. The molecule has 1 aromatic rings. The highest BCUT2D eigenvalue weighted by atomic mass is 35.5. The topological polar surface area (TPSA) is 71.5 Å². The lowest BCUT2D eigenvalue weighted by Gasteiger charge is -2.23. The Morgan fingerprint density at radius 1 is 1.38 bits per heavy atom. The van der Waals surface area contributed by atoms with Gasteiger partial charge in [0.15, 0.2) is 0 Å². The van der Waals surface area contributed by atoms with Gasteiger partial charge in [0.25, 0.3) is 0 Å². The van der Waals surface area contributed by atoms with E-state index in [1.165, 1.54) is 17.5 Å². The van der Waals surface area contributed by atoms with Crippen molar-refractivity contribution >= 4 is 28.1 Å². The fraction of sp³-hybridized carbons (Fsp3) is 0.615. The molecule has 1 aliphatic heterocycles. The Balaban J connectivity index is 0.00000220. The number of nitrogens with one attached hydrogen (secondary N) is 1. The summed E-state index contributed by atoms with van der Waals surface area (Å²) in [6.45, 7) is 3.54. The van der Waals surface area contributed by atoms with E-state index in [1.807, 2.05) is 0 Å². The van der Waals surface area contributed by atoms with Gasteiger partial charge in [-0.05, 0) is 38.9 Å². The molecule has 1 saturated heterocycles. The maximum atomic E-state index is 11.8. The van der Waals surface area contributed by atoms with Gasteiger partial charge in [0, 0.05) is 13.1 Å². The van der Waals surface area contributed by atoms with Crippen molar-refractivity contribution in [1.82, 2.24) is 10.3 Å². The summed E-state index contributed by atoms with van der Waals surface area (Å²) >= 11 is 0. The van der Waals surface area contributed by atoms with Gasteiger partial charge in [-0.1, -0.05) is 0 Å². The molecule has 0 spiro atoms. The summed E-state index contributed by atoms with van der Waals surface area (Å²) in [4.78, 5) is 4.19. The first kappa shape index (κ1) is 18.0. The molecule has 0 unspecified atom stereocenters. The number of hydrogen-bond donors (Lipinski definition) is 1. The maximum Gasteiger partial charge on any atom is 0.234 e. The molecule has 0 aromatic carbocycles. The number of hydrogen-bond acceptors (Lipinski definition) is 5. The molecule has 2 heterocycles. The highest BCUT2D eigenvalue weighted by molar-refractivity contribution is 7.92. The van der Waals surface area contributed by atoms with Crippen molar-refractivity contribution in [1.29, 1.82) is 0 Å². The normalized spacial score (nSPS) is 16.1. The summed E-state index contributed by atoms with van der Waals surface area (Å²) in [6.07, 6.45) is 3.65. The SMILES string of the molecule is CCS(=O)(=O)N(C)c1ccc(OC2CCNCC2)nc1.Cl. The number of sulfonamides is 1. The summed E-state index contributed by atoms with van der Waals surface area (Å²) in [5.41, 5.74) is 0.546. The molecule has 21 heavy (non-hydrogen) atoms. The number of rotatable bonds is 5. The predicted octanol–water partition coefficient (Wildman–Crippen LogP) is 1.42. The molecule has 1 aromatic heterocycles. The standard InChI is InChI=1S/C13H21N3O3S.ClH/c1-3-20(17,18)16(2)11-4-5-13(15-10-11)19-12-6-8-14-9-7-12;/h4-5,10,12,14H,3,6-9H2,1-2H3;1H. The van der Waals surface area contributed by atoms with Gasteiger partial charge in [0.1, 0.15) is 6.10 Å². The van der Waals surface area contributed by atoms with Crippen LogP contribution < -0.4 is 14.4 Å². The van der Waals surface area contributed by atoms with Gasteiger partial charge < -0.3 is 10.1 Å². The molecule has 0 atom stereocenters. The first-order chi connectivity index (χ1) is 9.53. The molecule has 0 radical (unpaired) electrons. The van der Waals surface area contributed by atoms with Gasteiger partial charge in [0.2, 0.25) is 15.9 Å². The minimum atomic E-state index is -3.25. The number of aromatic nitrogens is 1. The second-order valence-electron chi connectivity index (χ2n) is 4.79. The molecule has 1 N–H and O–H groups in total. The second-order valence-corrected chi connectivity index (χ2v) is 7.08. The predicted molar refractivity (Wildman–Crippen MR) is 85.9 cm³/mol. The molecule has 1 aliphatic rings. The second kappa shape index (κ2) is 7.82. The summed E-state index contributed by atoms with van der Waals surface area (Å²) < 4.78 is 30.6. The smallest absolute Gasteiger partial charge is 0.234 e. The van der Waals surface area contributed by atoms with Crippen LogP contribution in [0.3, 0.4) is 0 Å². The average Bonchev–Trinajstić information content (AvgIpc) is 2.48. The van der Waals surface area contributed by atoms with E-state index in [4.69, 9.17) is 4.74 Å². The minimum Gasteiger partial charge on any atom is -0.474 e. The van der Waals surface area contributed by atoms with Gasteiger partial charge in [-0.15, -0.1) is 12.4 Å². The zero-order valence-corrected chi connectivity index (χ0v) is 13.9. The van der Waals surface area contributed by atoms with Crippen LogP contribution in [0.4, 0.5) is 5.69 Å². The number of pyridine rings is 1. The maximum absolute atomic E-state index is 11.8. The summed E-state index contributed by atoms with van der Waals surface area (Å²) in [5.74, 6) is 0.611. The van der Waals surface area contributed by atoms with Crippen LogP contribution in [-0.4, -0.2) is 45.4 Å². The van der Waals surface area contributed by atoms with Crippen LogP contribution in [0.15, 0.2) is 18.3 Å². The van der Waals surface area contributed by atoms with Crippen LogP contribution in [0.5, 0.6) is 5.88 Å². The highest BCUT2D eigenvalue weighted by Crippen LogP contribution is 2.20. The van der Waals surface area contributed by atoms with E-state index in [-0.39, 0.29) is 24.3 Å². The zero-order chi connectivity index (χ0) is 14.6. The van der Waals surface area contributed by atoms with Crippen LogP contribution >= 0.6 is 12.4 Å². The fourth-order valence-electron chi connectivity index (χ4n) is 2.07. The van der Waals surface area contributed by atoms with Crippen LogP contribution in [0.25, 0.3) is 0 Å². The number of anilines is 1. The van der Waals surface area contributed by atoms with E-state index in [0.717, 1.165) is 25.9 Å². The Bertz CT molecular complexity index is 530. The lowest BCUT2D eigenvalue weighted by atomic mass is 10.1. The van der Waals surface area contributed by atoms with Crippen LogP contribution in [-0.2, 0) is 10.0 Å². The first-order valence-corrected chi connectivity index (χ1v) is 8.44. The van der Waals surface area contributed by atoms with Crippen molar-refractivity contribution in [2.75, 3.05) is 30.2 Å². The molecule has 0 amide bonds. The Labute approximate surface area is 132 Å². The van der Waals surface area contributed by atoms with Crippen LogP contribution in [0.2, 0.25) is 0 Å².